The number of ether oxygens (including phenoxy) is 4. The van der Waals surface area contributed by atoms with E-state index in [1.165, 1.54) is 38.0 Å². The van der Waals surface area contributed by atoms with E-state index in [2.05, 4.69) is 20.3 Å². The van der Waals surface area contributed by atoms with Crippen molar-refractivity contribution in [3.05, 3.63) is 48.5 Å². The maximum atomic E-state index is 12.6. The molecule has 3 heterocycles. The molecule has 0 bridgehead atoms. The average Bonchev–Trinajstić information content (AvgIpc) is 3.40. The second-order valence-electron chi connectivity index (χ2n) is 7.88. The molecule has 1 amide bonds. The maximum absolute atomic E-state index is 12.6. The summed E-state index contributed by atoms with van der Waals surface area (Å²) in [5.74, 6) is -2.09. The number of esters is 3. The van der Waals surface area contributed by atoms with Crippen molar-refractivity contribution in [1.29, 1.82) is 0 Å². The predicted octanol–water partition coefficient (Wildman–Crippen LogP) is 1.40. The summed E-state index contributed by atoms with van der Waals surface area (Å²) in [6.45, 7) is 3.37. The van der Waals surface area contributed by atoms with E-state index in [9.17, 15) is 19.2 Å². The van der Waals surface area contributed by atoms with Gasteiger partial charge in [-0.2, -0.15) is 0 Å². The quantitative estimate of drug-likeness (QED) is 0.371. The number of amides is 1. The Balaban J connectivity index is 1.68. The molecule has 13 heteroatoms. The van der Waals surface area contributed by atoms with E-state index in [0.29, 0.717) is 5.56 Å². The first-order valence-corrected chi connectivity index (χ1v) is 10.9. The molecule has 1 saturated heterocycles. The van der Waals surface area contributed by atoms with E-state index in [0.717, 1.165) is 0 Å². The zero-order valence-corrected chi connectivity index (χ0v) is 19.6. The second kappa shape index (κ2) is 10.5. The van der Waals surface area contributed by atoms with Gasteiger partial charge in [-0.1, -0.05) is 18.2 Å². The van der Waals surface area contributed by atoms with E-state index < -0.39 is 48.4 Å². The van der Waals surface area contributed by atoms with Crippen molar-refractivity contribution < 1.29 is 38.1 Å². The van der Waals surface area contributed by atoms with Gasteiger partial charge in [-0.15, -0.1) is 0 Å². The van der Waals surface area contributed by atoms with Crippen LogP contribution in [0.25, 0.3) is 11.2 Å². The summed E-state index contributed by atoms with van der Waals surface area (Å²) in [7, 11) is 0. The molecular weight excluding hydrogens is 474 g/mol. The Labute approximate surface area is 204 Å². The van der Waals surface area contributed by atoms with Crippen LogP contribution in [0.2, 0.25) is 0 Å². The largest absolute Gasteiger partial charge is 0.463 e. The zero-order valence-electron chi connectivity index (χ0n) is 19.6. The van der Waals surface area contributed by atoms with Gasteiger partial charge in [0.2, 0.25) is 0 Å². The van der Waals surface area contributed by atoms with Crippen molar-refractivity contribution in [3.63, 3.8) is 0 Å². The minimum absolute atomic E-state index is 0.155. The van der Waals surface area contributed by atoms with Crippen LogP contribution in [0.1, 0.15) is 37.4 Å². The third-order valence-electron chi connectivity index (χ3n) is 5.24. The second-order valence-corrected chi connectivity index (χ2v) is 7.88. The van der Waals surface area contributed by atoms with E-state index in [1.807, 2.05) is 0 Å². The van der Waals surface area contributed by atoms with Crippen LogP contribution in [0.4, 0.5) is 5.82 Å². The molecular formula is C23H23N5O8. The SMILES string of the molecule is CC(=O)OC[C@H]1O[C@@H](n2cnc3c(NC(=O)c4ccccc4)ncnc32)[C@H](OC(C)=O)[C@@H]1OC(C)=O. The summed E-state index contributed by atoms with van der Waals surface area (Å²) in [5, 5.41) is 2.71. The molecule has 1 N–H and O–H groups in total. The van der Waals surface area contributed by atoms with E-state index in [1.54, 1.807) is 30.3 Å². The summed E-state index contributed by atoms with van der Waals surface area (Å²) in [6, 6.07) is 8.57. The normalized spacial score (nSPS) is 21.1. The molecule has 13 nitrogen and oxygen atoms in total. The molecule has 0 unspecified atom stereocenters. The smallest absolute Gasteiger partial charge is 0.303 e. The van der Waals surface area contributed by atoms with Gasteiger partial charge >= 0.3 is 17.9 Å². The first-order valence-electron chi connectivity index (χ1n) is 10.9. The Bertz CT molecular complexity index is 1290. The molecule has 1 fully saturated rings. The molecule has 1 aromatic carbocycles. The number of rotatable bonds is 7. The van der Waals surface area contributed by atoms with Crippen LogP contribution in [0, 0.1) is 0 Å². The Morgan fingerprint density at radius 1 is 0.944 bits per heavy atom. The monoisotopic (exact) mass is 497 g/mol. The van der Waals surface area contributed by atoms with Crippen molar-refractivity contribution >= 4 is 40.8 Å². The highest BCUT2D eigenvalue weighted by molar-refractivity contribution is 6.06. The number of hydrogen-bond acceptors (Lipinski definition) is 11. The van der Waals surface area contributed by atoms with Crippen molar-refractivity contribution in [3.8, 4) is 0 Å². The Hall–Kier alpha value is -4.39. The summed E-state index contributed by atoms with van der Waals surface area (Å²) >= 11 is 0. The minimum atomic E-state index is -1.11. The molecule has 188 valence electrons. The zero-order chi connectivity index (χ0) is 25.8. The van der Waals surface area contributed by atoms with Crippen LogP contribution in [-0.2, 0) is 33.3 Å². The van der Waals surface area contributed by atoms with Crippen molar-refractivity contribution in [1.82, 2.24) is 19.5 Å². The fourth-order valence-corrected chi connectivity index (χ4v) is 3.82. The lowest BCUT2D eigenvalue weighted by Gasteiger charge is -2.23. The molecule has 1 aliphatic heterocycles. The molecule has 0 aliphatic carbocycles. The predicted molar refractivity (Wildman–Crippen MR) is 121 cm³/mol. The van der Waals surface area contributed by atoms with Crippen LogP contribution in [0.5, 0.6) is 0 Å². The molecule has 36 heavy (non-hydrogen) atoms. The molecule has 4 rings (SSSR count). The average molecular weight is 497 g/mol. The number of hydrogen-bond donors (Lipinski definition) is 1. The summed E-state index contributed by atoms with van der Waals surface area (Å²) in [6.07, 6.45) is -1.57. The van der Waals surface area contributed by atoms with Gasteiger partial charge in [-0.25, -0.2) is 15.0 Å². The lowest BCUT2D eigenvalue weighted by Crippen LogP contribution is -2.40. The van der Waals surface area contributed by atoms with Crippen LogP contribution in [0.3, 0.4) is 0 Å². The molecule has 0 saturated carbocycles. The number of nitrogens with one attached hydrogen (secondary N) is 1. The minimum Gasteiger partial charge on any atom is -0.463 e. The van der Waals surface area contributed by atoms with Gasteiger partial charge in [0.1, 0.15) is 19.0 Å². The first kappa shape index (κ1) is 24.7. The highest BCUT2D eigenvalue weighted by Crippen LogP contribution is 2.36. The molecule has 1 aliphatic rings. The van der Waals surface area contributed by atoms with Gasteiger partial charge < -0.3 is 24.3 Å². The molecule has 3 aromatic rings. The summed E-state index contributed by atoms with van der Waals surface area (Å²) < 4.78 is 23.4. The third kappa shape index (κ3) is 5.30. The summed E-state index contributed by atoms with van der Waals surface area (Å²) in [4.78, 5) is 60.4. The number of benzene rings is 1. The standard InChI is InChI=1S/C23H23N5O8/c1-12(29)33-9-16-18(34-13(2)30)19(35-14(3)31)23(36-16)28-11-26-17-20(24-10-25-21(17)28)27-22(32)15-7-5-4-6-8-15/h4-8,10-11,16,18-19,23H,9H2,1-3H3,(H,24,25,27,32)/t16-,18-,19-,23-/m1/s1. The molecule has 0 radical (unpaired) electrons. The number of carbonyl (C=O) groups is 4. The van der Waals surface area contributed by atoms with Gasteiger partial charge in [-0.05, 0) is 12.1 Å². The molecule has 0 spiro atoms. The topological polar surface area (TPSA) is 161 Å². The van der Waals surface area contributed by atoms with Crippen molar-refractivity contribution in [2.75, 3.05) is 11.9 Å². The highest BCUT2D eigenvalue weighted by atomic mass is 16.7. The van der Waals surface area contributed by atoms with Crippen molar-refractivity contribution in [2.24, 2.45) is 0 Å². The third-order valence-corrected chi connectivity index (χ3v) is 5.24. The Kier molecular flexibility index (Phi) is 7.20. The summed E-state index contributed by atoms with van der Waals surface area (Å²) in [5.41, 5.74) is 0.930. The van der Waals surface area contributed by atoms with Crippen LogP contribution < -0.4 is 5.32 Å². The van der Waals surface area contributed by atoms with Crippen LogP contribution in [0.15, 0.2) is 43.0 Å². The first-order chi connectivity index (χ1) is 17.2. The van der Waals surface area contributed by atoms with Crippen molar-refractivity contribution in [2.45, 2.75) is 45.3 Å². The Morgan fingerprint density at radius 3 is 2.31 bits per heavy atom. The molecule has 2 aromatic heterocycles. The van der Waals surface area contributed by atoms with Gasteiger partial charge in [0.05, 0.1) is 6.33 Å². The van der Waals surface area contributed by atoms with Crippen LogP contribution in [-0.4, -0.2) is 68.3 Å². The number of nitrogens with zero attached hydrogens (tertiary/aromatic N) is 4. The fourth-order valence-electron chi connectivity index (χ4n) is 3.82. The van der Waals surface area contributed by atoms with Gasteiger partial charge in [0.15, 0.2) is 35.4 Å². The van der Waals surface area contributed by atoms with Gasteiger partial charge in [0, 0.05) is 26.3 Å². The van der Waals surface area contributed by atoms with E-state index in [-0.39, 0.29) is 23.6 Å². The fraction of sp³-hybridized carbons (Fsp3) is 0.348. The number of aromatic nitrogens is 4. The highest BCUT2D eigenvalue weighted by Gasteiger charge is 2.51. The maximum Gasteiger partial charge on any atom is 0.303 e. The lowest BCUT2D eigenvalue weighted by molar-refractivity contribution is -0.166. The lowest BCUT2D eigenvalue weighted by atomic mass is 10.1. The number of anilines is 1. The number of imidazole rings is 1. The van der Waals surface area contributed by atoms with Gasteiger partial charge in [-0.3, -0.25) is 23.7 Å². The van der Waals surface area contributed by atoms with Crippen LogP contribution >= 0.6 is 0 Å². The Morgan fingerprint density at radius 2 is 1.64 bits per heavy atom. The van der Waals surface area contributed by atoms with E-state index >= 15 is 0 Å². The van der Waals surface area contributed by atoms with E-state index in [4.69, 9.17) is 18.9 Å². The molecule has 4 atom stereocenters. The number of fused-ring (bicyclic) bond motifs is 1. The van der Waals surface area contributed by atoms with Gasteiger partial charge in [0.25, 0.3) is 5.91 Å². The number of carbonyl (C=O) groups excluding carboxylic acids is 4.